The van der Waals surface area contributed by atoms with Gasteiger partial charge in [0.2, 0.25) is 0 Å². The highest BCUT2D eigenvalue weighted by Gasteiger charge is 2.20. The summed E-state index contributed by atoms with van der Waals surface area (Å²) in [6.45, 7) is 3.87. The van der Waals surface area contributed by atoms with Crippen LogP contribution in [0.5, 0.6) is 0 Å². The van der Waals surface area contributed by atoms with Gasteiger partial charge in [0.05, 0.1) is 0 Å². The minimum Gasteiger partial charge on any atom is -0.380 e. The van der Waals surface area contributed by atoms with Gasteiger partial charge in [-0.2, -0.15) is 0 Å². The molecule has 1 unspecified atom stereocenters. The monoisotopic (exact) mass is 240 g/mol. The van der Waals surface area contributed by atoms with Crippen LogP contribution in [0.2, 0.25) is 0 Å². The van der Waals surface area contributed by atoms with Crippen molar-refractivity contribution in [3.63, 3.8) is 0 Å². The smallest absolute Gasteiger partial charge is 0.196 e. The largest absolute Gasteiger partial charge is 0.380 e. The number of rotatable bonds is 3. The summed E-state index contributed by atoms with van der Waals surface area (Å²) >= 11 is 0. The van der Waals surface area contributed by atoms with Gasteiger partial charge in [-0.25, -0.2) is 0 Å². The highest BCUT2D eigenvalue weighted by atomic mass is 16.3. The molecule has 2 rings (SSSR count). The topological polar surface area (TPSA) is 37.3 Å². The van der Waals surface area contributed by atoms with E-state index in [1.807, 2.05) is 44.2 Å². The molecule has 2 aromatic rings. The molecule has 1 N–H and O–H groups in total. The molecule has 2 nitrogen and oxygen atoms in total. The molecular formula is C16H16O2. The van der Waals surface area contributed by atoms with E-state index in [0.29, 0.717) is 11.1 Å². The Morgan fingerprint density at radius 2 is 1.72 bits per heavy atom. The normalized spacial score (nSPS) is 12.2. The molecule has 0 radical (unpaired) electrons. The SMILES string of the molecule is Cc1ccc(C(=O)C(O)c2ccccc2)c(C)c1. The molecule has 0 fully saturated rings. The van der Waals surface area contributed by atoms with E-state index < -0.39 is 6.10 Å². The van der Waals surface area contributed by atoms with Gasteiger partial charge in [-0.3, -0.25) is 4.79 Å². The molecule has 2 aromatic carbocycles. The van der Waals surface area contributed by atoms with Crippen molar-refractivity contribution in [2.45, 2.75) is 20.0 Å². The van der Waals surface area contributed by atoms with Crippen molar-refractivity contribution in [1.82, 2.24) is 0 Å². The van der Waals surface area contributed by atoms with Crippen LogP contribution in [0.25, 0.3) is 0 Å². The van der Waals surface area contributed by atoms with Crippen LogP contribution >= 0.6 is 0 Å². The number of carbonyl (C=O) groups is 1. The highest BCUT2D eigenvalue weighted by Crippen LogP contribution is 2.21. The summed E-state index contributed by atoms with van der Waals surface area (Å²) in [7, 11) is 0. The number of aliphatic hydroxyl groups is 1. The van der Waals surface area contributed by atoms with E-state index in [2.05, 4.69) is 0 Å². The predicted molar refractivity (Wildman–Crippen MR) is 71.6 cm³/mol. The average molecular weight is 240 g/mol. The van der Waals surface area contributed by atoms with E-state index in [4.69, 9.17) is 0 Å². The Labute approximate surface area is 107 Å². The van der Waals surface area contributed by atoms with E-state index in [9.17, 15) is 9.90 Å². The Kier molecular flexibility index (Phi) is 3.58. The molecule has 0 aromatic heterocycles. The third-order valence-corrected chi connectivity index (χ3v) is 3.01. The van der Waals surface area contributed by atoms with Crippen LogP contribution in [0.4, 0.5) is 0 Å². The molecule has 0 aliphatic carbocycles. The standard InChI is InChI=1S/C16H16O2/c1-11-8-9-14(12(2)10-11)16(18)15(17)13-6-4-3-5-7-13/h3-10,15,17H,1-2H3. The fourth-order valence-corrected chi connectivity index (χ4v) is 2.02. The Morgan fingerprint density at radius 3 is 2.33 bits per heavy atom. The van der Waals surface area contributed by atoms with Crippen molar-refractivity contribution in [1.29, 1.82) is 0 Å². The molecule has 2 heteroatoms. The quantitative estimate of drug-likeness (QED) is 0.836. The van der Waals surface area contributed by atoms with Crippen LogP contribution in [0.15, 0.2) is 48.5 Å². The van der Waals surface area contributed by atoms with Crippen LogP contribution in [0, 0.1) is 13.8 Å². The van der Waals surface area contributed by atoms with Crippen LogP contribution in [-0.4, -0.2) is 10.9 Å². The summed E-state index contributed by atoms with van der Waals surface area (Å²) in [5, 5.41) is 10.1. The number of hydrogen-bond donors (Lipinski definition) is 1. The molecule has 0 aliphatic rings. The zero-order chi connectivity index (χ0) is 13.1. The summed E-state index contributed by atoms with van der Waals surface area (Å²) in [6.07, 6.45) is -1.09. The summed E-state index contributed by atoms with van der Waals surface area (Å²) in [5.74, 6) is -0.251. The van der Waals surface area contributed by atoms with Crippen molar-refractivity contribution < 1.29 is 9.90 Å². The van der Waals surface area contributed by atoms with E-state index in [-0.39, 0.29) is 5.78 Å². The lowest BCUT2D eigenvalue weighted by Gasteiger charge is -2.12. The van der Waals surface area contributed by atoms with Crippen molar-refractivity contribution in [3.8, 4) is 0 Å². The molecule has 0 spiro atoms. The van der Waals surface area contributed by atoms with Crippen LogP contribution in [0.3, 0.4) is 0 Å². The van der Waals surface area contributed by atoms with Crippen molar-refractivity contribution in [3.05, 3.63) is 70.8 Å². The third kappa shape index (κ3) is 2.49. The molecule has 92 valence electrons. The molecule has 0 aliphatic heterocycles. The molecule has 18 heavy (non-hydrogen) atoms. The van der Waals surface area contributed by atoms with Gasteiger partial charge in [0.1, 0.15) is 6.10 Å². The first kappa shape index (κ1) is 12.5. The van der Waals surface area contributed by atoms with Gasteiger partial charge in [0, 0.05) is 5.56 Å². The van der Waals surface area contributed by atoms with Crippen LogP contribution in [0.1, 0.15) is 33.2 Å². The number of aryl methyl sites for hydroxylation is 2. The van der Waals surface area contributed by atoms with Crippen molar-refractivity contribution in [2.75, 3.05) is 0 Å². The summed E-state index contributed by atoms with van der Waals surface area (Å²) in [6, 6.07) is 14.6. The minimum atomic E-state index is -1.09. The molecule has 0 saturated carbocycles. The number of hydrogen-bond acceptors (Lipinski definition) is 2. The number of ketones is 1. The van der Waals surface area contributed by atoms with Crippen molar-refractivity contribution >= 4 is 5.78 Å². The number of benzene rings is 2. The first-order chi connectivity index (χ1) is 8.59. The summed E-state index contributed by atoms with van der Waals surface area (Å²) in [4.78, 5) is 12.2. The number of carbonyl (C=O) groups excluding carboxylic acids is 1. The maximum Gasteiger partial charge on any atom is 0.196 e. The molecule has 0 saturated heterocycles. The molecule has 0 heterocycles. The minimum absolute atomic E-state index is 0.251. The molecular weight excluding hydrogens is 224 g/mol. The average Bonchev–Trinajstić information content (AvgIpc) is 2.38. The number of aliphatic hydroxyl groups excluding tert-OH is 1. The fraction of sp³-hybridized carbons (Fsp3) is 0.188. The van der Waals surface area contributed by atoms with E-state index in [0.717, 1.165) is 11.1 Å². The Hall–Kier alpha value is -1.93. The van der Waals surface area contributed by atoms with E-state index >= 15 is 0 Å². The lowest BCUT2D eigenvalue weighted by atomic mass is 9.96. The van der Waals surface area contributed by atoms with Gasteiger partial charge in [-0.05, 0) is 25.0 Å². The maximum absolute atomic E-state index is 12.2. The fourth-order valence-electron chi connectivity index (χ4n) is 2.02. The second kappa shape index (κ2) is 5.15. The predicted octanol–water partition coefficient (Wildman–Crippen LogP) is 3.22. The molecule has 1 atom stereocenters. The first-order valence-electron chi connectivity index (χ1n) is 5.94. The summed E-state index contributed by atoms with van der Waals surface area (Å²) in [5.41, 5.74) is 3.22. The maximum atomic E-state index is 12.2. The van der Waals surface area contributed by atoms with Gasteiger partial charge < -0.3 is 5.11 Å². The summed E-state index contributed by atoms with van der Waals surface area (Å²) < 4.78 is 0. The zero-order valence-electron chi connectivity index (χ0n) is 10.6. The first-order valence-corrected chi connectivity index (χ1v) is 5.94. The number of Topliss-reactive ketones (excluding diaryl/α,β-unsaturated/α-hetero) is 1. The Bertz CT molecular complexity index is 559. The van der Waals surface area contributed by atoms with Crippen molar-refractivity contribution in [2.24, 2.45) is 0 Å². The van der Waals surface area contributed by atoms with Gasteiger partial charge >= 0.3 is 0 Å². The molecule has 0 amide bonds. The zero-order valence-corrected chi connectivity index (χ0v) is 10.6. The van der Waals surface area contributed by atoms with Crippen LogP contribution in [-0.2, 0) is 0 Å². The van der Waals surface area contributed by atoms with Gasteiger partial charge in [0.25, 0.3) is 0 Å². The Morgan fingerprint density at radius 1 is 1.06 bits per heavy atom. The van der Waals surface area contributed by atoms with Crippen LogP contribution < -0.4 is 0 Å². The van der Waals surface area contributed by atoms with Gasteiger partial charge in [-0.1, -0.05) is 54.1 Å². The second-order valence-corrected chi connectivity index (χ2v) is 4.50. The molecule has 0 bridgehead atoms. The third-order valence-electron chi connectivity index (χ3n) is 3.01. The van der Waals surface area contributed by atoms with Gasteiger partial charge in [0.15, 0.2) is 5.78 Å². The van der Waals surface area contributed by atoms with E-state index in [1.54, 1.807) is 18.2 Å². The van der Waals surface area contributed by atoms with E-state index in [1.165, 1.54) is 0 Å². The Balaban J connectivity index is 2.32. The highest BCUT2D eigenvalue weighted by molar-refractivity contribution is 6.01. The second-order valence-electron chi connectivity index (χ2n) is 4.50. The van der Waals surface area contributed by atoms with Gasteiger partial charge in [-0.15, -0.1) is 0 Å². The lowest BCUT2D eigenvalue weighted by molar-refractivity contribution is 0.0747. The lowest BCUT2D eigenvalue weighted by Crippen LogP contribution is -2.13.